The predicted octanol–water partition coefficient (Wildman–Crippen LogP) is 3.94. The molecular formula is C12H8F2INO. The van der Waals surface area contributed by atoms with Crippen LogP contribution in [0, 0.1) is 15.2 Å². The Bertz CT molecular complexity index is 560. The van der Waals surface area contributed by atoms with Gasteiger partial charge in [-0.25, -0.2) is 4.39 Å². The van der Waals surface area contributed by atoms with Crippen LogP contribution in [-0.4, -0.2) is 0 Å². The van der Waals surface area contributed by atoms with Crippen LogP contribution in [0.25, 0.3) is 0 Å². The van der Waals surface area contributed by atoms with Crippen LogP contribution in [0.3, 0.4) is 0 Å². The fraction of sp³-hybridized carbons (Fsp3) is 0. The Kier molecular flexibility index (Phi) is 3.46. The van der Waals surface area contributed by atoms with Crippen molar-refractivity contribution in [1.82, 2.24) is 0 Å². The third-order valence-electron chi connectivity index (χ3n) is 2.10. The Morgan fingerprint density at radius 1 is 1.12 bits per heavy atom. The quantitative estimate of drug-likeness (QED) is 0.660. The third kappa shape index (κ3) is 2.66. The lowest BCUT2D eigenvalue weighted by molar-refractivity contribution is 0.418. The van der Waals surface area contributed by atoms with Crippen LogP contribution in [-0.2, 0) is 0 Å². The zero-order valence-electron chi connectivity index (χ0n) is 8.58. The van der Waals surface area contributed by atoms with Gasteiger partial charge in [0.15, 0.2) is 11.6 Å². The molecule has 17 heavy (non-hydrogen) atoms. The number of hydrogen-bond acceptors (Lipinski definition) is 2. The lowest BCUT2D eigenvalue weighted by Gasteiger charge is -2.09. The van der Waals surface area contributed by atoms with Crippen molar-refractivity contribution >= 4 is 28.3 Å². The van der Waals surface area contributed by atoms with Crippen molar-refractivity contribution in [2.24, 2.45) is 0 Å². The first-order chi connectivity index (χ1) is 8.08. The number of anilines is 1. The summed E-state index contributed by atoms with van der Waals surface area (Å²) in [5.41, 5.74) is 5.60. The largest absolute Gasteiger partial charge is 0.452 e. The van der Waals surface area contributed by atoms with Crippen molar-refractivity contribution < 1.29 is 13.5 Å². The number of halogens is 3. The van der Waals surface area contributed by atoms with E-state index < -0.39 is 11.6 Å². The van der Waals surface area contributed by atoms with E-state index in [4.69, 9.17) is 10.5 Å². The van der Waals surface area contributed by atoms with Gasteiger partial charge in [0.25, 0.3) is 0 Å². The predicted molar refractivity (Wildman–Crippen MR) is 70.0 cm³/mol. The van der Waals surface area contributed by atoms with Gasteiger partial charge in [0.05, 0.1) is 5.69 Å². The molecule has 0 radical (unpaired) electrons. The highest BCUT2D eigenvalue weighted by atomic mass is 127. The molecule has 0 fully saturated rings. The number of nitrogen functional groups attached to an aromatic ring is 1. The normalized spacial score (nSPS) is 10.3. The molecule has 0 unspecified atom stereocenters. The number of nitrogens with two attached hydrogens (primary N) is 1. The van der Waals surface area contributed by atoms with Crippen LogP contribution in [0.5, 0.6) is 11.5 Å². The van der Waals surface area contributed by atoms with E-state index in [1.54, 1.807) is 18.2 Å². The van der Waals surface area contributed by atoms with E-state index in [1.807, 2.05) is 6.07 Å². The first-order valence-corrected chi connectivity index (χ1v) is 5.82. The van der Waals surface area contributed by atoms with Crippen LogP contribution in [0.15, 0.2) is 36.4 Å². The summed E-state index contributed by atoms with van der Waals surface area (Å²) in [6.45, 7) is 0. The molecule has 88 valence electrons. The van der Waals surface area contributed by atoms with E-state index in [0.29, 0.717) is 5.75 Å². The molecule has 2 rings (SSSR count). The van der Waals surface area contributed by atoms with Crippen LogP contribution < -0.4 is 10.5 Å². The Hall–Kier alpha value is -1.37. The summed E-state index contributed by atoms with van der Waals surface area (Å²) in [6, 6.07) is 9.19. The molecule has 0 heterocycles. The second kappa shape index (κ2) is 4.87. The molecule has 2 aromatic carbocycles. The van der Waals surface area contributed by atoms with Crippen molar-refractivity contribution in [3.05, 3.63) is 51.6 Å². The summed E-state index contributed by atoms with van der Waals surface area (Å²) in [4.78, 5) is 0. The van der Waals surface area contributed by atoms with Gasteiger partial charge >= 0.3 is 0 Å². The Morgan fingerprint density at radius 3 is 2.59 bits per heavy atom. The highest BCUT2D eigenvalue weighted by molar-refractivity contribution is 14.1. The van der Waals surface area contributed by atoms with Gasteiger partial charge in [0, 0.05) is 3.57 Å². The number of hydrogen-bond donors (Lipinski definition) is 1. The molecule has 0 aliphatic carbocycles. The molecule has 0 atom stereocenters. The van der Waals surface area contributed by atoms with E-state index in [-0.39, 0.29) is 11.4 Å². The van der Waals surface area contributed by atoms with Crippen molar-refractivity contribution in [1.29, 1.82) is 0 Å². The van der Waals surface area contributed by atoms with Crippen molar-refractivity contribution in [2.75, 3.05) is 5.73 Å². The van der Waals surface area contributed by atoms with Gasteiger partial charge in [-0.1, -0.05) is 6.07 Å². The van der Waals surface area contributed by atoms with Gasteiger partial charge in [-0.2, -0.15) is 4.39 Å². The summed E-state index contributed by atoms with van der Waals surface area (Å²) >= 11 is 2.09. The third-order valence-corrected chi connectivity index (χ3v) is 2.77. The van der Waals surface area contributed by atoms with Gasteiger partial charge in [-0.15, -0.1) is 0 Å². The van der Waals surface area contributed by atoms with E-state index in [9.17, 15) is 8.78 Å². The van der Waals surface area contributed by atoms with Crippen LogP contribution >= 0.6 is 22.6 Å². The second-order valence-electron chi connectivity index (χ2n) is 3.34. The highest BCUT2D eigenvalue weighted by Crippen LogP contribution is 2.32. The lowest BCUT2D eigenvalue weighted by Crippen LogP contribution is -1.97. The van der Waals surface area contributed by atoms with Crippen molar-refractivity contribution in [2.45, 2.75) is 0 Å². The molecule has 0 aliphatic rings. The fourth-order valence-electron chi connectivity index (χ4n) is 1.30. The smallest absolute Gasteiger partial charge is 0.203 e. The minimum atomic E-state index is -1.08. The van der Waals surface area contributed by atoms with Crippen LogP contribution in [0.1, 0.15) is 0 Å². The van der Waals surface area contributed by atoms with Crippen molar-refractivity contribution in [3.8, 4) is 11.5 Å². The van der Waals surface area contributed by atoms with Crippen molar-refractivity contribution in [3.63, 3.8) is 0 Å². The summed E-state index contributed by atoms with van der Waals surface area (Å²) in [7, 11) is 0. The van der Waals surface area contributed by atoms with Crippen LogP contribution in [0.4, 0.5) is 14.5 Å². The van der Waals surface area contributed by atoms with Gasteiger partial charge in [-0.3, -0.25) is 0 Å². The van der Waals surface area contributed by atoms with Gasteiger partial charge in [0.1, 0.15) is 5.75 Å². The Balaban J connectivity index is 2.39. The summed E-state index contributed by atoms with van der Waals surface area (Å²) in [5.74, 6) is -1.94. The molecule has 5 heteroatoms. The lowest BCUT2D eigenvalue weighted by atomic mass is 10.2. The number of benzene rings is 2. The number of rotatable bonds is 2. The molecule has 0 saturated carbocycles. The summed E-state index contributed by atoms with van der Waals surface area (Å²) in [6.07, 6.45) is 0. The fourth-order valence-corrected chi connectivity index (χ4v) is 1.81. The molecule has 0 saturated heterocycles. The van der Waals surface area contributed by atoms with E-state index in [2.05, 4.69) is 22.6 Å². The van der Waals surface area contributed by atoms with E-state index in [0.717, 1.165) is 9.64 Å². The minimum Gasteiger partial charge on any atom is -0.452 e. The maximum Gasteiger partial charge on any atom is 0.203 e. The average Bonchev–Trinajstić information content (AvgIpc) is 2.30. The van der Waals surface area contributed by atoms with Crippen LogP contribution in [0.2, 0.25) is 0 Å². The van der Waals surface area contributed by atoms with Gasteiger partial charge in [-0.05, 0) is 52.9 Å². The minimum absolute atomic E-state index is 0.0581. The first-order valence-electron chi connectivity index (χ1n) is 4.75. The maximum atomic E-state index is 13.5. The molecule has 2 aromatic rings. The first kappa shape index (κ1) is 12.1. The average molecular weight is 347 g/mol. The number of ether oxygens (including phenoxy) is 1. The molecule has 2 nitrogen and oxygen atoms in total. The molecule has 0 amide bonds. The zero-order valence-corrected chi connectivity index (χ0v) is 10.7. The summed E-state index contributed by atoms with van der Waals surface area (Å²) in [5, 5.41) is 0. The zero-order chi connectivity index (χ0) is 12.4. The second-order valence-corrected chi connectivity index (χ2v) is 4.58. The standard InChI is InChI=1S/C12H8F2INO/c13-9-4-5-10(16)12(11(9)14)17-8-3-1-2-7(15)6-8/h1-6H,16H2. The SMILES string of the molecule is Nc1ccc(F)c(F)c1Oc1cccc(I)c1. The van der Waals surface area contributed by atoms with E-state index >= 15 is 0 Å². The molecule has 0 bridgehead atoms. The monoisotopic (exact) mass is 347 g/mol. The summed E-state index contributed by atoms with van der Waals surface area (Å²) < 4.78 is 32.7. The Morgan fingerprint density at radius 2 is 1.88 bits per heavy atom. The topological polar surface area (TPSA) is 35.2 Å². The van der Waals surface area contributed by atoms with Gasteiger partial charge < -0.3 is 10.5 Å². The van der Waals surface area contributed by atoms with E-state index in [1.165, 1.54) is 6.07 Å². The molecule has 0 aliphatic heterocycles. The Labute approximate surface area is 111 Å². The van der Waals surface area contributed by atoms with Gasteiger partial charge in [0.2, 0.25) is 5.82 Å². The molecular weight excluding hydrogens is 339 g/mol. The highest BCUT2D eigenvalue weighted by Gasteiger charge is 2.14. The molecule has 0 spiro atoms. The molecule has 0 aromatic heterocycles. The maximum absolute atomic E-state index is 13.5. The molecule has 2 N–H and O–H groups in total.